The van der Waals surface area contributed by atoms with E-state index in [-0.39, 0.29) is 16.9 Å². The Bertz CT molecular complexity index is 1010. The number of anilines is 2. The first-order valence-corrected chi connectivity index (χ1v) is 7.47. The summed E-state index contributed by atoms with van der Waals surface area (Å²) in [4.78, 5) is 24.5. The van der Waals surface area contributed by atoms with E-state index in [1.54, 1.807) is 18.2 Å². The quantitative estimate of drug-likeness (QED) is 0.455. The molecule has 26 heavy (non-hydrogen) atoms. The van der Waals surface area contributed by atoms with Crippen molar-refractivity contribution in [3.8, 4) is 11.5 Å². The van der Waals surface area contributed by atoms with E-state index in [4.69, 9.17) is 9.47 Å². The van der Waals surface area contributed by atoms with Crippen molar-refractivity contribution in [2.45, 2.75) is 0 Å². The molecule has 0 atom stereocenters. The first-order valence-electron chi connectivity index (χ1n) is 7.47. The number of nitro groups is 1. The Morgan fingerprint density at radius 1 is 1.15 bits per heavy atom. The van der Waals surface area contributed by atoms with Crippen LogP contribution in [0.2, 0.25) is 0 Å². The summed E-state index contributed by atoms with van der Waals surface area (Å²) in [6.07, 6.45) is 0. The SMILES string of the molecule is COc1ccc(Nc2ccc([N+](=O)[O-])c3[nH]c(C(=O)O)cc23)c(OC)c1. The highest BCUT2D eigenvalue weighted by molar-refractivity contribution is 6.04. The summed E-state index contributed by atoms with van der Waals surface area (Å²) in [5.74, 6) is -0.0932. The van der Waals surface area contributed by atoms with Crippen molar-refractivity contribution in [1.29, 1.82) is 0 Å². The number of hydrogen-bond acceptors (Lipinski definition) is 6. The molecule has 0 fully saturated rings. The molecule has 0 bridgehead atoms. The Hall–Kier alpha value is -3.75. The van der Waals surface area contributed by atoms with Gasteiger partial charge in [0.05, 0.1) is 24.8 Å². The lowest BCUT2D eigenvalue weighted by molar-refractivity contribution is -0.383. The van der Waals surface area contributed by atoms with Gasteiger partial charge in [-0.3, -0.25) is 10.1 Å². The van der Waals surface area contributed by atoms with Gasteiger partial charge in [-0.15, -0.1) is 0 Å². The van der Waals surface area contributed by atoms with Crippen LogP contribution in [-0.2, 0) is 0 Å². The van der Waals surface area contributed by atoms with Crippen LogP contribution in [0.15, 0.2) is 36.4 Å². The van der Waals surface area contributed by atoms with Gasteiger partial charge in [-0.2, -0.15) is 0 Å². The third-order valence-corrected chi connectivity index (χ3v) is 3.88. The highest BCUT2D eigenvalue weighted by atomic mass is 16.6. The number of benzene rings is 2. The molecule has 0 spiro atoms. The van der Waals surface area contributed by atoms with Gasteiger partial charge >= 0.3 is 5.97 Å². The minimum atomic E-state index is -1.21. The van der Waals surface area contributed by atoms with Crippen molar-refractivity contribution in [3.05, 3.63) is 52.2 Å². The largest absolute Gasteiger partial charge is 0.497 e. The summed E-state index contributed by atoms with van der Waals surface area (Å²) < 4.78 is 10.5. The second kappa shape index (κ2) is 6.63. The van der Waals surface area contributed by atoms with Crippen molar-refractivity contribution < 1.29 is 24.3 Å². The number of carbonyl (C=O) groups is 1. The summed E-state index contributed by atoms with van der Waals surface area (Å²) in [5.41, 5.74) is 0.878. The number of methoxy groups -OCH3 is 2. The molecule has 0 unspecified atom stereocenters. The zero-order chi connectivity index (χ0) is 18.8. The third-order valence-electron chi connectivity index (χ3n) is 3.88. The average Bonchev–Trinajstić information content (AvgIpc) is 3.08. The molecule has 2 aromatic carbocycles. The molecule has 0 radical (unpaired) electrons. The van der Waals surface area contributed by atoms with Gasteiger partial charge in [0, 0.05) is 23.2 Å². The van der Waals surface area contributed by atoms with E-state index >= 15 is 0 Å². The first-order chi connectivity index (χ1) is 12.4. The molecule has 0 saturated carbocycles. The molecule has 3 N–H and O–H groups in total. The van der Waals surface area contributed by atoms with Crippen molar-refractivity contribution in [1.82, 2.24) is 4.98 Å². The molecule has 1 heterocycles. The van der Waals surface area contributed by atoms with Crippen LogP contribution < -0.4 is 14.8 Å². The monoisotopic (exact) mass is 357 g/mol. The molecule has 9 heteroatoms. The fourth-order valence-corrected chi connectivity index (χ4v) is 2.63. The molecule has 0 amide bonds. The summed E-state index contributed by atoms with van der Waals surface area (Å²) in [5, 5.41) is 23.9. The van der Waals surface area contributed by atoms with Crippen LogP contribution in [0.3, 0.4) is 0 Å². The van der Waals surface area contributed by atoms with Gasteiger partial charge in [0.1, 0.15) is 22.7 Å². The van der Waals surface area contributed by atoms with Crippen molar-refractivity contribution >= 4 is 33.9 Å². The number of aromatic amines is 1. The number of H-pyrrole nitrogens is 1. The van der Waals surface area contributed by atoms with Crippen LogP contribution in [0.4, 0.5) is 17.1 Å². The number of ether oxygens (including phenoxy) is 2. The summed E-state index contributed by atoms with van der Waals surface area (Å²) >= 11 is 0. The van der Waals surface area contributed by atoms with E-state index in [1.165, 1.54) is 32.4 Å². The standard InChI is InChI=1S/C17H15N3O6/c1-25-9-3-4-12(15(7-9)26-2)18-11-5-6-14(20(23)24)16-10(11)8-13(19-16)17(21)22/h3-8,18-19H,1-2H3,(H,21,22). The van der Waals surface area contributed by atoms with Crippen molar-refractivity contribution in [3.63, 3.8) is 0 Å². The molecule has 1 aromatic heterocycles. The van der Waals surface area contributed by atoms with Crippen LogP contribution in [0, 0.1) is 10.1 Å². The Labute approximate surface area is 147 Å². The highest BCUT2D eigenvalue weighted by Gasteiger charge is 2.20. The number of fused-ring (bicyclic) bond motifs is 1. The predicted molar refractivity (Wildman–Crippen MR) is 94.7 cm³/mol. The molecule has 0 saturated heterocycles. The lowest BCUT2D eigenvalue weighted by Crippen LogP contribution is -1.97. The second-order valence-corrected chi connectivity index (χ2v) is 5.36. The van der Waals surface area contributed by atoms with Crippen LogP contribution in [0.25, 0.3) is 10.9 Å². The van der Waals surface area contributed by atoms with Gasteiger partial charge in [-0.05, 0) is 24.3 Å². The molecule has 0 aliphatic rings. The van der Waals surface area contributed by atoms with Gasteiger partial charge in [0.25, 0.3) is 5.69 Å². The Balaban J connectivity index is 2.13. The molecule has 9 nitrogen and oxygen atoms in total. The Kier molecular flexibility index (Phi) is 4.36. The van der Waals surface area contributed by atoms with Gasteiger partial charge in [0.2, 0.25) is 0 Å². The van der Waals surface area contributed by atoms with E-state index < -0.39 is 10.9 Å². The third kappa shape index (κ3) is 2.97. The van der Waals surface area contributed by atoms with E-state index in [0.717, 1.165) is 0 Å². The van der Waals surface area contributed by atoms with E-state index in [2.05, 4.69) is 10.3 Å². The van der Waals surface area contributed by atoms with Gasteiger partial charge in [-0.1, -0.05) is 0 Å². The second-order valence-electron chi connectivity index (χ2n) is 5.36. The average molecular weight is 357 g/mol. The van der Waals surface area contributed by atoms with E-state index in [9.17, 15) is 20.0 Å². The minimum Gasteiger partial charge on any atom is -0.497 e. The topological polar surface area (TPSA) is 127 Å². The Morgan fingerprint density at radius 3 is 2.50 bits per heavy atom. The molecular weight excluding hydrogens is 342 g/mol. The Morgan fingerprint density at radius 2 is 1.88 bits per heavy atom. The summed E-state index contributed by atoms with van der Waals surface area (Å²) in [7, 11) is 3.04. The number of nitrogens with zero attached hydrogens (tertiary/aromatic N) is 1. The summed E-state index contributed by atoms with van der Waals surface area (Å²) in [6.45, 7) is 0. The first kappa shape index (κ1) is 17.1. The minimum absolute atomic E-state index is 0.130. The fourth-order valence-electron chi connectivity index (χ4n) is 2.63. The number of non-ortho nitro benzene ring substituents is 1. The highest BCUT2D eigenvalue weighted by Crippen LogP contribution is 2.37. The van der Waals surface area contributed by atoms with Crippen LogP contribution in [0.5, 0.6) is 11.5 Å². The predicted octanol–water partition coefficient (Wildman–Crippen LogP) is 3.54. The number of carboxylic acid groups (broad SMARTS) is 1. The molecule has 0 aliphatic carbocycles. The number of aromatic nitrogens is 1. The molecular formula is C17H15N3O6. The van der Waals surface area contributed by atoms with E-state index in [0.29, 0.717) is 28.3 Å². The van der Waals surface area contributed by atoms with Crippen LogP contribution in [-0.4, -0.2) is 35.2 Å². The lowest BCUT2D eigenvalue weighted by Gasteiger charge is -2.13. The van der Waals surface area contributed by atoms with Gasteiger partial charge in [-0.25, -0.2) is 4.79 Å². The van der Waals surface area contributed by atoms with Gasteiger partial charge < -0.3 is 24.9 Å². The molecule has 3 aromatic rings. The number of carboxylic acids is 1. The number of nitro benzene ring substituents is 1. The number of aromatic carboxylic acids is 1. The van der Waals surface area contributed by atoms with Crippen LogP contribution in [0.1, 0.15) is 10.5 Å². The number of rotatable bonds is 6. The normalized spacial score (nSPS) is 10.5. The zero-order valence-electron chi connectivity index (χ0n) is 13.9. The van der Waals surface area contributed by atoms with E-state index in [1.807, 2.05) is 0 Å². The zero-order valence-corrected chi connectivity index (χ0v) is 13.9. The fraction of sp³-hybridized carbons (Fsp3) is 0.118. The maximum Gasteiger partial charge on any atom is 0.352 e. The van der Waals surface area contributed by atoms with Gasteiger partial charge in [0.15, 0.2) is 0 Å². The maximum atomic E-state index is 11.2. The molecule has 134 valence electrons. The molecule has 3 rings (SSSR count). The van der Waals surface area contributed by atoms with Crippen molar-refractivity contribution in [2.75, 3.05) is 19.5 Å². The lowest BCUT2D eigenvalue weighted by atomic mass is 10.1. The smallest absolute Gasteiger partial charge is 0.352 e. The molecule has 0 aliphatic heterocycles. The maximum absolute atomic E-state index is 11.2. The van der Waals surface area contributed by atoms with Crippen molar-refractivity contribution in [2.24, 2.45) is 0 Å². The summed E-state index contributed by atoms with van der Waals surface area (Å²) in [6, 6.07) is 9.32. The number of hydrogen-bond donors (Lipinski definition) is 3. The van der Waals surface area contributed by atoms with Crippen LogP contribution >= 0.6 is 0 Å². The number of nitrogens with one attached hydrogen (secondary N) is 2.